The van der Waals surface area contributed by atoms with E-state index in [2.05, 4.69) is 38.7 Å². The number of ether oxygens (including phenoxy) is 1. The van der Waals surface area contributed by atoms with Crippen LogP contribution in [0.1, 0.15) is 25.3 Å². The molecule has 0 atom stereocenters. The van der Waals surface area contributed by atoms with Gasteiger partial charge in [0.1, 0.15) is 5.52 Å². The van der Waals surface area contributed by atoms with E-state index in [0.717, 1.165) is 27.6 Å². The van der Waals surface area contributed by atoms with Gasteiger partial charge in [-0.15, -0.1) is 0 Å². The maximum absolute atomic E-state index is 13.2. The molecule has 3 aromatic heterocycles. The van der Waals surface area contributed by atoms with Crippen LogP contribution in [-0.4, -0.2) is 94.3 Å². The standard InChI is InChI=1S/C23H22FN7O2.C5H11N.C2H3N/c1-13-4-5-17-16(12-26-29-17)19(13)15-10-18-20(25-11-15)21(28-23(27-18)33-3)30-6-8-31(9-7-30)22(32)14(2)24;1-6-4-2-3-5-6;1-2-3/h4-5,10-12H,2,6-9H2,1,3H3,(H,26,29);2-5H2,1H3;1H3. The predicted molar refractivity (Wildman–Crippen MR) is 161 cm³/mol. The average molecular weight is 574 g/mol. The zero-order valence-electron chi connectivity index (χ0n) is 24.5. The smallest absolute Gasteiger partial charge is 0.318 e. The van der Waals surface area contributed by atoms with Crippen molar-refractivity contribution in [1.29, 1.82) is 5.26 Å². The molecule has 0 aliphatic carbocycles. The number of likely N-dealkylation sites (tertiary alicyclic amines) is 1. The first kappa shape index (κ1) is 30.3. The minimum Gasteiger partial charge on any atom is -0.467 e. The zero-order chi connectivity index (χ0) is 30.2. The van der Waals surface area contributed by atoms with Crippen molar-refractivity contribution in [2.24, 2.45) is 0 Å². The van der Waals surface area contributed by atoms with Gasteiger partial charge < -0.3 is 19.4 Å². The van der Waals surface area contributed by atoms with E-state index >= 15 is 0 Å². The van der Waals surface area contributed by atoms with Crippen LogP contribution in [0.3, 0.4) is 0 Å². The second-order valence-electron chi connectivity index (χ2n) is 10.1. The molecule has 6 rings (SSSR count). The first-order chi connectivity index (χ1) is 20.3. The van der Waals surface area contributed by atoms with Crippen LogP contribution in [0.2, 0.25) is 0 Å². The summed E-state index contributed by atoms with van der Waals surface area (Å²) in [6.07, 6.45) is 6.44. The van der Waals surface area contributed by atoms with Crippen molar-refractivity contribution in [3.05, 3.63) is 48.6 Å². The highest BCUT2D eigenvalue weighted by molar-refractivity contribution is 5.98. The van der Waals surface area contributed by atoms with Crippen molar-refractivity contribution >= 4 is 33.7 Å². The maximum atomic E-state index is 13.2. The fourth-order valence-electron chi connectivity index (χ4n) is 5.11. The normalized spacial score (nSPS) is 15.0. The first-order valence-corrected chi connectivity index (χ1v) is 13.8. The number of hydrogen-bond acceptors (Lipinski definition) is 9. The highest BCUT2D eigenvalue weighted by Gasteiger charge is 2.26. The maximum Gasteiger partial charge on any atom is 0.318 e. The van der Waals surface area contributed by atoms with Crippen LogP contribution in [0.4, 0.5) is 10.2 Å². The summed E-state index contributed by atoms with van der Waals surface area (Å²) in [5.74, 6) is -1.01. The molecule has 2 fully saturated rings. The third-order valence-electron chi connectivity index (χ3n) is 7.23. The summed E-state index contributed by atoms with van der Waals surface area (Å²) in [4.78, 5) is 31.5. The van der Waals surface area contributed by atoms with Gasteiger partial charge in [0, 0.05) is 50.2 Å². The average Bonchev–Trinajstić information content (AvgIpc) is 3.68. The number of piperazine rings is 1. The van der Waals surface area contributed by atoms with E-state index in [1.165, 1.54) is 44.9 Å². The summed E-state index contributed by atoms with van der Waals surface area (Å²) in [5, 5.41) is 15.5. The number of aryl methyl sites for hydroxylation is 1. The second-order valence-corrected chi connectivity index (χ2v) is 10.1. The van der Waals surface area contributed by atoms with Crippen molar-refractivity contribution in [3.63, 3.8) is 0 Å². The molecule has 0 saturated carbocycles. The summed E-state index contributed by atoms with van der Waals surface area (Å²) in [6, 6.07) is 7.99. The molecule has 1 amide bonds. The van der Waals surface area contributed by atoms with Gasteiger partial charge in [0.2, 0.25) is 0 Å². The molecule has 220 valence electrons. The molecule has 11 nitrogen and oxygen atoms in total. The number of hydrogen-bond donors (Lipinski definition) is 1. The van der Waals surface area contributed by atoms with Crippen molar-refractivity contribution in [3.8, 4) is 23.2 Å². The van der Waals surface area contributed by atoms with E-state index in [9.17, 15) is 9.18 Å². The summed E-state index contributed by atoms with van der Waals surface area (Å²) >= 11 is 0. The first-order valence-electron chi connectivity index (χ1n) is 13.8. The predicted octanol–water partition coefficient (Wildman–Crippen LogP) is 4.26. The molecular weight excluding hydrogens is 537 g/mol. The van der Waals surface area contributed by atoms with E-state index in [4.69, 9.17) is 15.0 Å². The van der Waals surface area contributed by atoms with E-state index in [-0.39, 0.29) is 6.01 Å². The molecule has 0 unspecified atom stereocenters. The Kier molecular flexibility index (Phi) is 9.98. The molecule has 0 spiro atoms. The number of amides is 1. The molecule has 42 heavy (non-hydrogen) atoms. The van der Waals surface area contributed by atoms with Crippen molar-refractivity contribution in [2.75, 3.05) is 58.3 Å². The van der Waals surface area contributed by atoms with Gasteiger partial charge in [-0.25, -0.2) is 4.39 Å². The summed E-state index contributed by atoms with van der Waals surface area (Å²) in [7, 11) is 3.69. The lowest BCUT2D eigenvalue weighted by atomic mass is 9.98. The number of benzene rings is 1. The number of anilines is 1. The Hall–Kier alpha value is -4.63. The molecule has 0 bridgehead atoms. The zero-order valence-corrected chi connectivity index (χ0v) is 24.5. The van der Waals surface area contributed by atoms with Crippen LogP contribution in [0, 0.1) is 18.3 Å². The van der Waals surface area contributed by atoms with Gasteiger partial charge in [-0.1, -0.05) is 12.6 Å². The Morgan fingerprint density at radius 2 is 1.81 bits per heavy atom. The number of pyridine rings is 1. The fourth-order valence-corrected chi connectivity index (χ4v) is 5.11. The highest BCUT2D eigenvalue weighted by atomic mass is 19.1. The molecule has 2 saturated heterocycles. The number of nitrogens with zero attached hydrogens (tertiary/aromatic N) is 8. The largest absolute Gasteiger partial charge is 0.467 e. The topological polar surface area (TPSA) is 127 Å². The van der Waals surface area contributed by atoms with Crippen LogP contribution >= 0.6 is 0 Å². The van der Waals surface area contributed by atoms with Gasteiger partial charge in [0.15, 0.2) is 11.6 Å². The van der Waals surface area contributed by atoms with Crippen LogP contribution in [0.25, 0.3) is 33.1 Å². The third kappa shape index (κ3) is 6.80. The molecule has 0 radical (unpaired) electrons. The Labute approximate surface area is 244 Å². The van der Waals surface area contributed by atoms with E-state index < -0.39 is 11.7 Å². The number of methoxy groups -OCH3 is 1. The SMILES string of the molecule is C=C(F)C(=O)N1CCN(c2nc(OC)nc3cc(-c4c(C)ccc5[nH]ncc45)cnc23)CC1.CC#N.CN1CCCC1. The Morgan fingerprint density at radius 1 is 1.12 bits per heavy atom. The second kappa shape index (κ2) is 13.8. The number of carbonyl (C=O) groups is 1. The number of aromatic amines is 1. The number of aromatic nitrogens is 5. The number of halogens is 1. The van der Waals surface area contributed by atoms with Crippen LogP contribution in [-0.2, 0) is 4.79 Å². The lowest BCUT2D eigenvalue weighted by Crippen LogP contribution is -2.49. The number of rotatable bonds is 4. The Morgan fingerprint density at radius 3 is 2.40 bits per heavy atom. The van der Waals surface area contributed by atoms with Gasteiger partial charge >= 0.3 is 6.01 Å². The van der Waals surface area contributed by atoms with Crippen molar-refractivity contribution in [2.45, 2.75) is 26.7 Å². The number of nitrogens with one attached hydrogen (secondary N) is 1. The quantitative estimate of drug-likeness (QED) is 0.356. The lowest BCUT2D eigenvalue weighted by molar-refractivity contribution is -0.128. The minimum absolute atomic E-state index is 0.227. The minimum atomic E-state index is -0.949. The third-order valence-corrected chi connectivity index (χ3v) is 7.23. The number of carbonyl (C=O) groups excluding carboxylic acids is 1. The van der Waals surface area contributed by atoms with E-state index in [1.54, 1.807) is 12.3 Å². The van der Waals surface area contributed by atoms with E-state index in [1.807, 2.05) is 36.2 Å². The summed E-state index contributed by atoms with van der Waals surface area (Å²) in [6.45, 7) is 10.9. The summed E-state index contributed by atoms with van der Waals surface area (Å²) < 4.78 is 18.6. The van der Waals surface area contributed by atoms with Gasteiger partial charge in [0.25, 0.3) is 5.91 Å². The molecule has 12 heteroatoms. The van der Waals surface area contributed by atoms with Gasteiger partial charge in [-0.05, 0) is 63.2 Å². The molecule has 1 N–H and O–H groups in total. The van der Waals surface area contributed by atoms with Crippen LogP contribution in [0.5, 0.6) is 6.01 Å². The highest BCUT2D eigenvalue weighted by Crippen LogP contribution is 2.34. The van der Waals surface area contributed by atoms with Crippen molar-refractivity contribution in [1.82, 2.24) is 34.9 Å². The monoisotopic (exact) mass is 573 g/mol. The lowest BCUT2D eigenvalue weighted by Gasteiger charge is -2.35. The Balaban J connectivity index is 0.000000390. The van der Waals surface area contributed by atoms with Gasteiger partial charge in [0.05, 0.1) is 30.4 Å². The number of nitriles is 1. The van der Waals surface area contributed by atoms with Crippen molar-refractivity contribution < 1.29 is 13.9 Å². The van der Waals surface area contributed by atoms with E-state index in [0.29, 0.717) is 43.0 Å². The fraction of sp³-hybridized carbons (Fsp3) is 0.400. The molecule has 2 aliphatic heterocycles. The number of H-pyrrole nitrogens is 1. The Bertz CT molecular complexity index is 1600. The molecule has 5 heterocycles. The number of fused-ring (bicyclic) bond motifs is 2. The summed E-state index contributed by atoms with van der Waals surface area (Å²) in [5.41, 5.74) is 5.27. The molecule has 2 aliphatic rings. The molecule has 1 aromatic carbocycles. The van der Waals surface area contributed by atoms with Crippen LogP contribution < -0.4 is 9.64 Å². The molecule has 4 aromatic rings. The van der Waals surface area contributed by atoms with Gasteiger partial charge in [-0.2, -0.15) is 20.3 Å². The molecular formula is C30H36FN9O2. The van der Waals surface area contributed by atoms with Crippen LogP contribution in [0.15, 0.2) is 43.0 Å². The van der Waals surface area contributed by atoms with Gasteiger partial charge in [-0.3, -0.25) is 14.9 Å².